The molecule has 1 saturated heterocycles. The zero-order valence-corrected chi connectivity index (χ0v) is 18.9. The summed E-state index contributed by atoms with van der Waals surface area (Å²) in [6.45, 7) is 2.63. The fourth-order valence-corrected chi connectivity index (χ4v) is 5.60. The molecule has 1 amide bonds. The summed E-state index contributed by atoms with van der Waals surface area (Å²) in [6.07, 6.45) is 1.01. The van der Waals surface area contributed by atoms with Crippen LogP contribution in [-0.4, -0.2) is 31.7 Å². The Morgan fingerprint density at radius 1 is 1.00 bits per heavy atom. The molecule has 0 aromatic heterocycles. The number of amides is 1. The maximum atomic E-state index is 12.8. The number of benzene rings is 3. The lowest BCUT2D eigenvalue weighted by Crippen LogP contribution is -2.43. The van der Waals surface area contributed by atoms with Gasteiger partial charge in [0.2, 0.25) is 15.9 Å². The Hall–Kier alpha value is -2.41. The summed E-state index contributed by atoms with van der Waals surface area (Å²) in [5, 5.41) is 5.90. The van der Waals surface area contributed by atoms with Crippen molar-refractivity contribution < 1.29 is 13.2 Å². The van der Waals surface area contributed by atoms with Gasteiger partial charge in [0.1, 0.15) is 0 Å². The Kier molecular flexibility index (Phi) is 6.32. The Bertz CT molecular complexity index is 1190. The number of hydrogen-bond acceptors (Lipinski definition) is 3. The first kappa shape index (κ1) is 21.8. The fourth-order valence-electron chi connectivity index (χ4n) is 4.01. The van der Waals surface area contributed by atoms with Crippen molar-refractivity contribution in [1.29, 1.82) is 0 Å². The predicted octanol–water partition coefficient (Wildman–Crippen LogP) is 4.77. The number of nitrogens with one attached hydrogen (secondary N) is 1. The molecule has 31 heavy (non-hydrogen) atoms. The number of hydrogen-bond donors (Lipinski definition) is 1. The van der Waals surface area contributed by atoms with E-state index in [4.69, 9.17) is 11.6 Å². The molecule has 1 fully saturated rings. The summed E-state index contributed by atoms with van der Waals surface area (Å²) in [4.78, 5) is 13.0. The standard InChI is InChI=1S/C24H25ClN2O3S/c1-17(20-7-6-18-4-2-3-5-21(18)16-20)26-24(28)19-12-14-27(15-13-19)31(29,30)23-10-8-22(25)9-11-23/h2-11,16-17,19H,12-15H2,1H3,(H,26,28)/t17-/m0/s1. The van der Waals surface area contributed by atoms with Crippen LogP contribution in [0.15, 0.2) is 71.6 Å². The third-order valence-electron chi connectivity index (χ3n) is 5.91. The first-order valence-electron chi connectivity index (χ1n) is 10.4. The average molecular weight is 457 g/mol. The largest absolute Gasteiger partial charge is 0.349 e. The van der Waals surface area contributed by atoms with Crippen LogP contribution in [0.25, 0.3) is 10.8 Å². The summed E-state index contributed by atoms with van der Waals surface area (Å²) in [5.41, 5.74) is 1.05. The van der Waals surface area contributed by atoms with Crippen LogP contribution in [0.3, 0.4) is 0 Å². The lowest BCUT2D eigenvalue weighted by atomic mass is 9.96. The summed E-state index contributed by atoms with van der Waals surface area (Å²) in [6, 6.07) is 20.4. The number of halogens is 1. The van der Waals surface area contributed by atoms with E-state index in [9.17, 15) is 13.2 Å². The van der Waals surface area contributed by atoms with E-state index in [1.807, 2.05) is 25.1 Å². The van der Waals surface area contributed by atoms with Gasteiger partial charge in [-0.05, 0) is 66.4 Å². The highest BCUT2D eigenvalue weighted by molar-refractivity contribution is 7.89. The zero-order valence-electron chi connectivity index (χ0n) is 17.3. The minimum absolute atomic E-state index is 0.0239. The smallest absolute Gasteiger partial charge is 0.243 e. The van der Waals surface area contributed by atoms with E-state index >= 15 is 0 Å². The van der Waals surface area contributed by atoms with Crippen molar-refractivity contribution in [1.82, 2.24) is 9.62 Å². The molecule has 3 aromatic carbocycles. The molecule has 0 spiro atoms. The monoisotopic (exact) mass is 456 g/mol. The van der Waals surface area contributed by atoms with Crippen molar-refractivity contribution in [3.8, 4) is 0 Å². The Balaban J connectivity index is 1.37. The first-order valence-corrected chi connectivity index (χ1v) is 12.2. The number of sulfonamides is 1. The van der Waals surface area contributed by atoms with Gasteiger partial charge < -0.3 is 5.32 Å². The lowest BCUT2D eigenvalue weighted by molar-refractivity contribution is -0.126. The van der Waals surface area contributed by atoms with E-state index in [2.05, 4.69) is 29.6 Å². The normalized spacial score (nSPS) is 16.8. The number of nitrogens with zero attached hydrogens (tertiary/aromatic N) is 1. The topological polar surface area (TPSA) is 66.5 Å². The van der Waals surface area contributed by atoms with E-state index < -0.39 is 10.0 Å². The molecule has 5 nitrogen and oxygen atoms in total. The van der Waals surface area contributed by atoms with Crippen molar-refractivity contribution in [2.45, 2.75) is 30.7 Å². The molecule has 0 aliphatic carbocycles. The van der Waals surface area contributed by atoms with Gasteiger partial charge in [-0.25, -0.2) is 8.42 Å². The highest BCUT2D eigenvalue weighted by atomic mass is 35.5. The van der Waals surface area contributed by atoms with Crippen molar-refractivity contribution in [2.75, 3.05) is 13.1 Å². The zero-order chi connectivity index (χ0) is 22.0. The van der Waals surface area contributed by atoms with Gasteiger partial charge in [-0.15, -0.1) is 0 Å². The second-order valence-electron chi connectivity index (χ2n) is 7.97. The predicted molar refractivity (Wildman–Crippen MR) is 123 cm³/mol. The third-order valence-corrected chi connectivity index (χ3v) is 8.07. The molecule has 4 rings (SSSR count). The van der Waals surface area contributed by atoms with Crippen LogP contribution in [0, 0.1) is 5.92 Å². The Morgan fingerprint density at radius 3 is 2.32 bits per heavy atom. The van der Waals surface area contributed by atoms with E-state index in [1.54, 1.807) is 12.1 Å². The van der Waals surface area contributed by atoms with Crippen molar-refractivity contribution in [2.24, 2.45) is 5.92 Å². The molecule has 7 heteroatoms. The van der Waals surface area contributed by atoms with Gasteiger partial charge in [-0.3, -0.25) is 4.79 Å². The second-order valence-corrected chi connectivity index (χ2v) is 10.3. The molecule has 0 bridgehead atoms. The summed E-state index contributed by atoms with van der Waals surface area (Å²) in [5.74, 6) is -0.219. The molecule has 1 aliphatic rings. The van der Waals surface area contributed by atoms with Crippen LogP contribution in [0.2, 0.25) is 5.02 Å². The third kappa shape index (κ3) is 4.76. The molecule has 0 saturated carbocycles. The van der Waals surface area contributed by atoms with Crippen LogP contribution in [-0.2, 0) is 14.8 Å². The number of rotatable bonds is 5. The number of piperidine rings is 1. The molecule has 1 N–H and O–H groups in total. The molecule has 1 aliphatic heterocycles. The average Bonchev–Trinajstić information content (AvgIpc) is 2.79. The van der Waals surface area contributed by atoms with E-state index in [0.717, 1.165) is 10.9 Å². The minimum atomic E-state index is -3.57. The molecule has 3 aromatic rings. The van der Waals surface area contributed by atoms with Gasteiger partial charge >= 0.3 is 0 Å². The van der Waals surface area contributed by atoms with Gasteiger partial charge in [-0.2, -0.15) is 4.31 Å². The van der Waals surface area contributed by atoms with Crippen molar-refractivity contribution in [3.63, 3.8) is 0 Å². The second kappa shape index (κ2) is 8.99. The highest BCUT2D eigenvalue weighted by Crippen LogP contribution is 2.26. The SMILES string of the molecule is C[C@H](NC(=O)C1CCN(S(=O)(=O)c2ccc(Cl)cc2)CC1)c1ccc2ccccc2c1. The number of carbonyl (C=O) groups excluding carboxylic acids is 1. The van der Waals surface area contributed by atoms with Crippen molar-refractivity contribution in [3.05, 3.63) is 77.3 Å². The van der Waals surface area contributed by atoms with Crippen LogP contribution >= 0.6 is 11.6 Å². The van der Waals surface area contributed by atoms with Gasteiger partial charge in [0.25, 0.3) is 0 Å². The lowest BCUT2D eigenvalue weighted by Gasteiger charge is -2.31. The maximum Gasteiger partial charge on any atom is 0.243 e. The molecular formula is C24H25ClN2O3S. The quantitative estimate of drug-likeness (QED) is 0.601. The summed E-state index contributed by atoms with van der Waals surface area (Å²) >= 11 is 5.86. The van der Waals surface area contributed by atoms with Gasteiger partial charge in [0, 0.05) is 24.0 Å². The Morgan fingerprint density at radius 2 is 1.65 bits per heavy atom. The van der Waals surface area contributed by atoms with Crippen molar-refractivity contribution >= 4 is 38.3 Å². The molecule has 1 heterocycles. The summed E-state index contributed by atoms with van der Waals surface area (Å²) < 4.78 is 27.1. The first-order chi connectivity index (χ1) is 14.8. The van der Waals surface area contributed by atoms with Crippen LogP contribution in [0.4, 0.5) is 0 Å². The van der Waals surface area contributed by atoms with Gasteiger partial charge in [0.15, 0.2) is 0 Å². The number of fused-ring (bicyclic) bond motifs is 1. The van der Waals surface area contributed by atoms with Crippen LogP contribution in [0.5, 0.6) is 0 Å². The molecule has 0 radical (unpaired) electrons. The van der Waals surface area contributed by atoms with Crippen LogP contribution < -0.4 is 5.32 Å². The van der Waals surface area contributed by atoms with Gasteiger partial charge in [-0.1, -0.05) is 48.0 Å². The molecule has 0 unspecified atom stereocenters. The van der Waals surface area contributed by atoms with E-state index in [1.165, 1.54) is 21.8 Å². The maximum absolute atomic E-state index is 12.8. The Labute approximate surface area is 188 Å². The molecular weight excluding hydrogens is 432 g/mol. The fraction of sp³-hybridized carbons (Fsp3) is 0.292. The molecule has 1 atom stereocenters. The van der Waals surface area contributed by atoms with E-state index in [-0.39, 0.29) is 22.8 Å². The van der Waals surface area contributed by atoms with E-state index in [0.29, 0.717) is 31.0 Å². The molecule has 162 valence electrons. The summed E-state index contributed by atoms with van der Waals surface area (Å²) in [7, 11) is -3.57. The van der Waals surface area contributed by atoms with Crippen LogP contribution in [0.1, 0.15) is 31.4 Å². The minimum Gasteiger partial charge on any atom is -0.349 e. The highest BCUT2D eigenvalue weighted by Gasteiger charge is 2.32. The number of carbonyl (C=O) groups is 1. The van der Waals surface area contributed by atoms with Gasteiger partial charge in [0.05, 0.1) is 10.9 Å².